The van der Waals surface area contributed by atoms with E-state index >= 15 is 0 Å². The summed E-state index contributed by atoms with van der Waals surface area (Å²) in [5.41, 5.74) is 1.53. The summed E-state index contributed by atoms with van der Waals surface area (Å²) in [6, 6.07) is 6.24. The van der Waals surface area contributed by atoms with Crippen LogP contribution in [0.3, 0.4) is 0 Å². The first-order chi connectivity index (χ1) is 17.9. The molecule has 3 aliphatic rings. The molecule has 37 heavy (non-hydrogen) atoms. The minimum Gasteiger partial charge on any atom is -0.394 e. The number of rotatable bonds is 10. The number of thioether (sulfide) groups is 1. The topological polar surface area (TPSA) is 129 Å². The molecule has 7 atom stereocenters. The number of benzene rings is 1. The quantitative estimate of drug-likeness (QED) is 0.426. The molecule has 2 unspecified atom stereocenters. The summed E-state index contributed by atoms with van der Waals surface area (Å²) in [6.45, 7) is 6.44. The molecule has 1 aromatic carbocycles. The molecule has 0 aliphatic carbocycles. The molecule has 1 aromatic heterocycles. The van der Waals surface area contributed by atoms with Gasteiger partial charge in [0.1, 0.15) is 18.2 Å². The van der Waals surface area contributed by atoms with Crippen molar-refractivity contribution in [2.45, 2.75) is 75.2 Å². The van der Waals surface area contributed by atoms with Crippen molar-refractivity contribution in [3.63, 3.8) is 0 Å². The van der Waals surface area contributed by atoms with Gasteiger partial charge in [-0.1, -0.05) is 44.5 Å². The van der Waals surface area contributed by atoms with Gasteiger partial charge in [-0.05, 0) is 37.3 Å². The van der Waals surface area contributed by atoms with Gasteiger partial charge in [0, 0.05) is 11.8 Å². The predicted molar refractivity (Wildman–Crippen MR) is 140 cm³/mol. The fourth-order valence-corrected chi connectivity index (χ4v) is 8.72. The van der Waals surface area contributed by atoms with E-state index in [1.807, 2.05) is 45.0 Å². The van der Waals surface area contributed by atoms with Gasteiger partial charge in [-0.25, -0.2) is 4.68 Å². The van der Waals surface area contributed by atoms with Crippen LogP contribution < -0.4 is 10.6 Å². The Morgan fingerprint density at radius 2 is 2.03 bits per heavy atom. The number of nitrogens with one attached hydrogen (secondary N) is 2. The molecular weight excluding hydrogens is 492 g/mol. The molecule has 2 bridgehead atoms. The molecular formula is C26H36N6O4S. The van der Waals surface area contributed by atoms with E-state index in [4.69, 9.17) is 0 Å². The number of para-hydroxylation sites is 1. The fraction of sp³-hybridized carbons (Fsp3) is 0.654. The van der Waals surface area contributed by atoms with Gasteiger partial charge in [-0.15, -0.1) is 16.9 Å². The van der Waals surface area contributed by atoms with E-state index in [0.29, 0.717) is 13.0 Å². The van der Waals surface area contributed by atoms with Crippen molar-refractivity contribution < 1.29 is 19.5 Å². The van der Waals surface area contributed by atoms with Gasteiger partial charge in [0.25, 0.3) is 0 Å². The van der Waals surface area contributed by atoms with Crippen molar-refractivity contribution in [2.75, 3.05) is 13.2 Å². The molecule has 3 fully saturated rings. The highest BCUT2D eigenvalue weighted by molar-refractivity contribution is 8.02. The molecule has 5 rings (SSSR count). The lowest BCUT2D eigenvalue weighted by atomic mass is 9.70. The Labute approximate surface area is 220 Å². The summed E-state index contributed by atoms with van der Waals surface area (Å²) >= 11 is 1.64. The second-order valence-corrected chi connectivity index (χ2v) is 12.1. The maximum atomic E-state index is 14.1. The Hall–Kier alpha value is -2.66. The Kier molecular flexibility index (Phi) is 7.19. The first-order valence-electron chi connectivity index (χ1n) is 13.3. The summed E-state index contributed by atoms with van der Waals surface area (Å²) in [5, 5.41) is 24.7. The summed E-state index contributed by atoms with van der Waals surface area (Å²) in [7, 11) is 0. The van der Waals surface area contributed by atoms with Crippen LogP contribution in [0.15, 0.2) is 24.3 Å². The lowest BCUT2D eigenvalue weighted by Crippen LogP contribution is -2.58. The summed E-state index contributed by atoms with van der Waals surface area (Å²) < 4.78 is 0.938. The molecule has 11 heteroatoms. The number of hydrogen-bond acceptors (Lipinski definition) is 7. The van der Waals surface area contributed by atoms with E-state index in [1.165, 1.54) is 0 Å². The third kappa shape index (κ3) is 4.10. The van der Waals surface area contributed by atoms with Crippen LogP contribution in [0.5, 0.6) is 0 Å². The SMILES string of the molecule is CCCNC(=O)[C@@H]1[C@@H]2CCC3(S2)C(C(=O)NCn2nnc4ccccc42)N([C@@H](CO)[C@@H](C)CC)C(=O)[C@H]13. The number of aliphatic hydroxyl groups excluding tert-OH is 1. The van der Waals surface area contributed by atoms with E-state index in [9.17, 15) is 19.5 Å². The standard InChI is InChI=1S/C26H36N6O4S/c1-4-12-27-23(34)20-19-10-11-26(37-19)21(20)25(36)32(18(13-33)15(3)5-2)22(26)24(35)28-14-31-17-9-7-6-8-16(17)29-30-31/h6-9,15,18-22,33H,4-5,10-14H2,1-3H3,(H,27,34)(H,28,35)/t15-,18-,19-,20+,21-,22?,26?/m0/s1. The van der Waals surface area contributed by atoms with Crippen LogP contribution in [0, 0.1) is 17.8 Å². The number of aliphatic hydroxyl groups is 1. The van der Waals surface area contributed by atoms with E-state index in [0.717, 1.165) is 30.3 Å². The minimum atomic E-state index is -0.773. The van der Waals surface area contributed by atoms with Crippen molar-refractivity contribution in [1.29, 1.82) is 0 Å². The lowest BCUT2D eigenvalue weighted by Gasteiger charge is -2.39. The van der Waals surface area contributed by atoms with Crippen LogP contribution in [-0.2, 0) is 21.1 Å². The van der Waals surface area contributed by atoms with Gasteiger partial charge in [-0.2, -0.15) is 0 Å². The first kappa shape index (κ1) is 26.0. The number of fused-ring (bicyclic) bond motifs is 2. The highest BCUT2D eigenvalue weighted by Crippen LogP contribution is 2.66. The molecule has 1 spiro atoms. The summed E-state index contributed by atoms with van der Waals surface area (Å²) in [6.07, 6.45) is 3.05. The summed E-state index contributed by atoms with van der Waals surface area (Å²) in [5.74, 6) is -1.61. The maximum absolute atomic E-state index is 14.1. The van der Waals surface area contributed by atoms with Crippen molar-refractivity contribution in [3.8, 4) is 0 Å². The third-order valence-corrected chi connectivity index (χ3v) is 10.5. The normalized spacial score (nSPS) is 29.9. The Morgan fingerprint density at radius 3 is 2.76 bits per heavy atom. The van der Waals surface area contributed by atoms with E-state index in [1.54, 1.807) is 21.3 Å². The zero-order chi connectivity index (χ0) is 26.3. The number of carbonyl (C=O) groups excluding carboxylic acids is 3. The van der Waals surface area contributed by atoms with Crippen LogP contribution in [0.2, 0.25) is 0 Å². The van der Waals surface area contributed by atoms with Crippen molar-refractivity contribution >= 4 is 40.5 Å². The molecule has 2 aromatic rings. The molecule has 4 heterocycles. The highest BCUT2D eigenvalue weighted by Gasteiger charge is 2.74. The Morgan fingerprint density at radius 1 is 1.24 bits per heavy atom. The zero-order valence-electron chi connectivity index (χ0n) is 21.6. The van der Waals surface area contributed by atoms with Gasteiger partial charge in [0.15, 0.2) is 0 Å². The molecule has 3 N–H and O–H groups in total. The monoisotopic (exact) mass is 528 g/mol. The van der Waals surface area contributed by atoms with E-state index < -0.39 is 28.7 Å². The van der Waals surface area contributed by atoms with Crippen molar-refractivity contribution in [2.24, 2.45) is 17.8 Å². The highest BCUT2D eigenvalue weighted by atomic mass is 32.2. The second kappa shape index (κ2) is 10.2. The van der Waals surface area contributed by atoms with Gasteiger partial charge in [0.05, 0.1) is 34.7 Å². The average Bonchev–Trinajstić information content (AvgIpc) is 3.66. The van der Waals surface area contributed by atoms with Crippen molar-refractivity contribution in [3.05, 3.63) is 24.3 Å². The maximum Gasteiger partial charge on any atom is 0.245 e. The van der Waals surface area contributed by atoms with Crippen LogP contribution in [-0.4, -0.2) is 78.0 Å². The zero-order valence-corrected chi connectivity index (χ0v) is 22.4. The third-order valence-electron chi connectivity index (χ3n) is 8.51. The van der Waals surface area contributed by atoms with Gasteiger partial charge in [-0.3, -0.25) is 14.4 Å². The molecule has 10 nitrogen and oxygen atoms in total. The largest absolute Gasteiger partial charge is 0.394 e. The number of hydrogen-bond donors (Lipinski definition) is 3. The van der Waals surface area contributed by atoms with Gasteiger partial charge in [0.2, 0.25) is 17.7 Å². The Balaban J connectivity index is 1.48. The van der Waals surface area contributed by atoms with Crippen LogP contribution in [0.25, 0.3) is 11.0 Å². The number of amides is 3. The smallest absolute Gasteiger partial charge is 0.245 e. The van der Waals surface area contributed by atoms with E-state index in [2.05, 4.69) is 20.9 Å². The molecule has 0 radical (unpaired) electrons. The molecule has 0 saturated carbocycles. The number of likely N-dealkylation sites (tertiary alicyclic amines) is 1. The number of nitrogens with zero attached hydrogens (tertiary/aromatic N) is 4. The first-order valence-corrected chi connectivity index (χ1v) is 14.2. The molecule has 200 valence electrons. The van der Waals surface area contributed by atoms with Gasteiger partial charge < -0.3 is 20.6 Å². The molecule has 3 aliphatic heterocycles. The average molecular weight is 529 g/mol. The predicted octanol–water partition coefficient (Wildman–Crippen LogP) is 1.53. The van der Waals surface area contributed by atoms with Crippen LogP contribution in [0.4, 0.5) is 0 Å². The number of carbonyl (C=O) groups is 3. The number of aromatic nitrogens is 3. The molecule has 3 saturated heterocycles. The second-order valence-electron chi connectivity index (χ2n) is 10.5. The summed E-state index contributed by atoms with van der Waals surface area (Å²) in [4.78, 5) is 43.0. The molecule has 3 amide bonds. The van der Waals surface area contributed by atoms with Crippen molar-refractivity contribution in [1.82, 2.24) is 30.5 Å². The fourth-order valence-electron chi connectivity index (χ4n) is 6.51. The van der Waals surface area contributed by atoms with E-state index in [-0.39, 0.29) is 42.2 Å². The lowest BCUT2D eigenvalue weighted by molar-refractivity contribution is -0.144. The van der Waals surface area contributed by atoms with Crippen LogP contribution in [0.1, 0.15) is 46.5 Å². The Bertz CT molecular complexity index is 1190. The van der Waals surface area contributed by atoms with Gasteiger partial charge >= 0.3 is 0 Å². The minimum absolute atomic E-state index is 0.00620. The van der Waals surface area contributed by atoms with Crippen LogP contribution >= 0.6 is 11.8 Å².